The molecule has 0 atom stereocenters. The highest BCUT2D eigenvalue weighted by Crippen LogP contribution is 2.29. The van der Waals surface area contributed by atoms with E-state index in [4.69, 9.17) is 5.26 Å². The van der Waals surface area contributed by atoms with Crippen LogP contribution in [0.1, 0.15) is 5.56 Å². The van der Waals surface area contributed by atoms with Crippen LogP contribution >= 0.6 is 31.9 Å². The van der Waals surface area contributed by atoms with Crippen LogP contribution in [0.4, 0.5) is 20.2 Å². The van der Waals surface area contributed by atoms with E-state index in [1.54, 1.807) is 6.07 Å². The molecule has 0 amide bonds. The van der Waals surface area contributed by atoms with Crippen molar-refractivity contribution in [1.82, 2.24) is 0 Å². The molecule has 0 fully saturated rings. The molecule has 2 aromatic rings. The average Bonchev–Trinajstić information content (AvgIpc) is 2.40. The predicted molar refractivity (Wildman–Crippen MR) is 76.2 cm³/mol. The summed E-state index contributed by atoms with van der Waals surface area (Å²) in [6, 6.07) is 9.15. The third-order valence-corrected chi connectivity index (χ3v) is 3.82. The number of hydrogen-bond acceptors (Lipinski definition) is 2. The molecular formula is C13H6Br2F2N2. The zero-order chi connectivity index (χ0) is 14.0. The minimum Gasteiger partial charge on any atom is -0.353 e. The van der Waals surface area contributed by atoms with Gasteiger partial charge in [-0.2, -0.15) is 5.26 Å². The minimum absolute atomic E-state index is 0.0811. The molecule has 0 saturated carbocycles. The normalized spacial score (nSPS) is 10.1. The van der Waals surface area contributed by atoms with Crippen LogP contribution in [0, 0.1) is 23.0 Å². The van der Waals surface area contributed by atoms with Crippen LogP contribution in [-0.2, 0) is 0 Å². The van der Waals surface area contributed by atoms with Gasteiger partial charge in [0.15, 0.2) is 5.82 Å². The van der Waals surface area contributed by atoms with E-state index in [-0.39, 0.29) is 15.7 Å². The second kappa shape index (κ2) is 5.68. The van der Waals surface area contributed by atoms with Crippen LogP contribution < -0.4 is 5.32 Å². The van der Waals surface area contributed by atoms with Crippen LogP contribution in [0.15, 0.2) is 39.3 Å². The van der Waals surface area contributed by atoms with E-state index in [0.717, 1.165) is 0 Å². The number of nitrogens with one attached hydrogen (secondary N) is 1. The van der Waals surface area contributed by atoms with Crippen molar-refractivity contribution < 1.29 is 8.78 Å². The maximum absolute atomic E-state index is 14.0. The molecule has 0 radical (unpaired) electrons. The van der Waals surface area contributed by atoms with Gasteiger partial charge in [-0.05, 0) is 62.2 Å². The summed E-state index contributed by atoms with van der Waals surface area (Å²) in [5, 5.41) is 11.5. The zero-order valence-corrected chi connectivity index (χ0v) is 12.5. The fourth-order valence-corrected chi connectivity index (χ4v) is 2.14. The van der Waals surface area contributed by atoms with Gasteiger partial charge in [0.1, 0.15) is 11.9 Å². The lowest BCUT2D eigenvalue weighted by Gasteiger charge is -2.09. The molecule has 0 aliphatic rings. The fourth-order valence-electron chi connectivity index (χ4n) is 1.46. The molecule has 96 valence electrons. The van der Waals surface area contributed by atoms with Crippen molar-refractivity contribution in [2.45, 2.75) is 0 Å². The van der Waals surface area contributed by atoms with Crippen LogP contribution in [0.3, 0.4) is 0 Å². The first-order chi connectivity index (χ1) is 9.02. The van der Waals surface area contributed by atoms with Gasteiger partial charge in [0.2, 0.25) is 0 Å². The van der Waals surface area contributed by atoms with Crippen molar-refractivity contribution in [2.24, 2.45) is 0 Å². The molecule has 1 N–H and O–H groups in total. The topological polar surface area (TPSA) is 35.8 Å². The number of anilines is 2. The number of nitriles is 1. The molecule has 0 heterocycles. The number of rotatable bonds is 2. The number of nitrogens with zero attached hydrogens (tertiary/aromatic N) is 1. The Morgan fingerprint density at radius 2 is 1.84 bits per heavy atom. The lowest BCUT2D eigenvalue weighted by atomic mass is 10.2. The lowest BCUT2D eigenvalue weighted by molar-refractivity contribution is 0.620. The summed E-state index contributed by atoms with van der Waals surface area (Å²) < 4.78 is 27.7. The van der Waals surface area contributed by atoms with Crippen LogP contribution in [0.5, 0.6) is 0 Å². The Morgan fingerprint density at radius 1 is 1.11 bits per heavy atom. The molecule has 6 heteroatoms. The maximum Gasteiger partial charge on any atom is 0.162 e. The van der Waals surface area contributed by atoms with Gasteiger partial charge in [0.05, 0.1) is 20.2 Å². The molecule has 2 rings (SSSR count). The lowest BCUT2D eigenvalue weighted by Crippen LogP contribution is -1.96. The fraction of sp³-hybridized carbons (Fsp3) is 0. The Morgan fingerprint density at radius 3 is 2.47 bits per heavy atom. The van der Waals surface area contributed by atoms with Crippen LogP contribution in [0.2, 0.25) is 0 Å². The first-order valence-corrected chi connectivity index (χ1v) is 6.71. The molecule has 0 aliphatic heterocycles. The summed E-state index contributed by atoms with van der Waals surface area (Å²) in [5.41, 5.74) is 0.772. The first kappa shape index (κ1) is 14.0. The number of benzene rings is 2. The summed E-state index contributed by atoms with van der Waals surface area (Å²) in [5.74, 6) is -1.04. The number of halogens is 4. The molecular weight excluding hydrogens is 382 g/mol. The summed E-state index contributed by atoms with van der Waals surface area (Å²) in [6.45, 7) is 0. The standard InChI is InChI=1S/C13H6Br2F2N2/c14-9-3-2-8(5-10(9)16)19-11-4-1-7(6-18)12(15)13(11)17/h1-5,19H. The largest absolute Gasteiger partial charge is 0.353 e. The summed E-state index contributed by atoms with van der Waals surface area (Å²) in [6.07, 6.45) is 0. The van der Waals surface area contributed by atoms with E-state index >= 15 is 0 Å². The Kier molecular flexibility index (Phi) is 4.17. The van der Waals surface area contributed by atoms with E-state index in [1.807, 2.05) is 6.07 Å². The molecule has 0 unspecified atom stereocenters. The zero-order valence-electron chi connectivity index (χ0n) is 9.35. The third kappa shape index (κ3) is 2.94. The van der Waals surface area contributed by atoms with Crippen molar-refractivity contribution in [3.63, 3.8) is 0 Å². The van der Waals surface area contributed by atoms with Gasteiger partial charge in [0.25, 0.3) is 0 Å². The van der Waals surface area contributed by atoms with Crippen LogP contribution in [-0.4, -0.2) is 0 Å². The van der Waals surface area contributed by atoms with Gasteiger partial charge < -0.3 is 5.32 Å². The smallest absolute Gasteiger partial charge is 0.162 e. The van der Waals surface area contributed by atoms with Crippen molar-refractivity contribution in [3.05, 3.63) is 56.5 Å². The molecule has 0 aromatic heterocycles. The third-order valence-electron chi connectivity index (χ3n) is 2.40. The number of hydrogen-bond donors (Lipinski definition) is 1. The second-order valence-corrected chi connectivity index (χ2v) is 5.30. The highest BCUT2D eigenvalue weighted by Gasteiger charge is 2.11. The molecule has 2 nitrogen and oxygen atoms in total. The summed E-state index contributed by atoms with van der Waals surface area (Å²) in [7, 11) is 0. The minimum atomic E-state index is -0.595. The molecule has 0 bridgehead atoms. The van der Waals surface area contributed by atoms with E-state index in [9.17, 15) is 8.78 Å². The van der Waals surface area contributed by atoms with E-state index in [2.05, 4.69) is 37.2 Å². The molecule has 0 saturated heterocycles. The predicted octanol–water partition coefficient (Wildman–Crippen LogP) is 5.11. The Bertz CT molecular complexity index is 681. The molecule has 0 spiro atoms. The first-order valence-electron chi connectivity index (χ1n) is 5.13. The van der Waals surface area contributed by atoms with Gasteiger partial charge in [-0.15, -0.1) is 0 Å². The Labute approximate surface area is 125 Å². The SMILES string of the molecule is N#Cc1ccc(Nc2ccc(Br)c(F)c2)c(F)c1Br. The van der Waals surface area contributed by atoms with Gasteiger partial charge in [0, 0.05) is 5.69 Å². The van der Waals surface area contributed by atoms with E-state index in [0.29, 0.717) is 10.2 Å². The summed E-state index contributed by atoms with van der Waals surface area (Å²) >= 11 is 6.05. The van der Waals surface area contributed by atoms with Crippen LogP contribution in [0.25, 0.3) is 0 Å². The van der Waals surface area contributed by atoms with E-state index < -0.39 is 11.6 Å². The van der Waals surface area contributed by atoms with Gasteiger partial charge >= 0.3 is 0 Å². The van der Waals surface area contributed by atoms with E-state index in [1.165, 1.54) is 24.3 Å². The Balaban J connectivity index is 2.36. The van der Waals surface area contributed by atoms with Gasteiger partial charge in [-0.1, -0.05) is 0 Å². The monoisotopic (exact) mass is 386 g/mol. The van der Waals surface area contributed by atoms with Crippen molar-refractivity contribution in [1.29, 1.82) is 5.26 Å². The highest BCUT2D eigenvalue weighted by atomic mass is 79.9. The van der Waals surface area contributed by atoms with Crippen molar-refractivity contribution >= 4 is 43.2 Å². The molecule has 2 aromatic carbocycles. The Hall–Kier alpha value is -1.45. The van der Waals surface area contributed by atoms with Gasteiger partial charge in [-0.3, -0.25) is 0 Å². The molecule has 0 aliphatic carbocycles. The van der Waals surface area contributed by atoms with Crippen molar-refractivity contribution in [2.75, 3.05) is 5.32 Å². The summed E-state index contributed by atoms with van der Waals surface area (Å²) in [4.78, 5) is 0. The van der Waals surface area contributed by atoms with Gasteiger partial charge in [-0.25, -0.2) is 8.78 Å². The molecule has 19 heavy (non-hydrogen) atoms. The van der Waals surface area contributed by atoms with Crippen molar-refractivity contribution in [3.8, 4) is 6.07 Å². The second-order valence-electron chi connectivity index (χ2n) is 3.65. The maximum atomic E-state index is 14.0. The average molecular weight is 388 g/mol. The quantitative estimate of drug-likeness (QED) is 0.777. The highest BCUT2D eigenvalue weighted by molar-refractivity contribution is 9.10.